The summed E-state index contributed by atoms with van der Waals surface area (Å²) in [7, 11) is 0. The molecule has 0 N–H and O–H groups in total. The number of rotatable bonds is 9. The zero-order chi connectivity index (χ0) is 15.8. The van der Waals surface area contributed by atoms with E-state index in [1.807, 2.05) is 0 Å². The Morgan fingerprint density at radius 2 is 1.62 bits per heavy atom. The molecule has 0 heterocycles. The third kappa shape index (κ3) is 2.70. The molecular weight excluding hydrogens is 252 g/mol. The van der Waals surface area contributed by atoms with Crippen molar-refractivity contribution in [3.63, 3.8) is 0 Å². The second-order valence-corrected chi connectivity index (χ2v) is 8.66. The first kappa shape index (κ1) is 17.4. The fourth-order valence-corrected chi connectivity index (χ4v) is 6.37. The van der Waals surface area contributed by atoms with Crippen molar-refractivity contribution in [2.45, 2.75) is 87.0 Å². The first-order chi connectivity index (χ1) is 9.95. The van der Waals surface area contributed by atoms with Crippen LogP contribution >= 0.6 is 0 Å². The Bertz CT molecular complexity index is 325. The van der Waals surface area contributed by atoms with Crippen LogP contribution in [0.1, 0.15) is 87.0 Å². The van der Waals surface area contributed by atoms with E-state index < -0.39 is 0 Å². The summed E-state index contributed by atoms with van der Waals surface area (Å²) in [6.07, 6.45) is 8.56. The predicted octanol–water partition coefficient (Wildman–Crippen LogP) is 6.79. The van der Waals surface area contributed by atoms with Crippen LogP contribution in [0.2, 0.25) is 0 Å². The highest BCUT2D eigenvalue weighted by Gasteiger charge is 2.76. The van der Waals surface area contributed by atoms with E-state index in [1.165, 1.54) is 38.5 Å². The number of fused-ring (bicyclic) bond motifs is 1. The Morgan fingerprint density at radius 1 is 0.952 bits per heavy atom. The number of hydrogen-bond donors (Lipinski definition) is 0. The van der Waals surface area contributed by atoms with Crippen LogP contribution in [0.3, 0.4) is 0 Å². The lowest BCUT2D eigenvalue weighted by molar-refractivity contribution is 0.0116. The van der Waals surface area contributed by atoms with Crippen LogP contribution in [0, 0.1) is 46.8 Å². The Balaban J connectivity index is 1.92. The van der Waals surface area contributed by atoms with Gasteiger partial charge in [-0.25, -0.2) is 0 Å². The van der Waals surface area contributed by atoms with Crippen molar-refractivity contribution in [1.82, 2.24) is 0 Å². The van der Waals surface area contributed by atoms with Crippen molar-refractivity contribution in [1.29, 1.82) is 0 Å². The van der Waals surface area contributed by atoms with Crippen LogP contribution in [-0.2, 0) is 0 Å². The minimum Gasteiger partial charge on any atom is -0.0654 e. The van der Waals surface area contributed by atoms with Crippen LogP contribution in [0.4, 0.5) is 0 Å². The molecule has 2 fully saturated rings. The van der Waals surface area contributed by atoms with Gasteiger partial charge in [-0.3, -0.25) is 0 Å². The fraction of sp³-hybridized carbons (Fsp3) is 1.00. The maximum atomic E-state index is 2.58. The summed E-state index contributed by atoms with van der Waals surface area (Å²) < 4.78 is 0. The summed E-state index contributed by atoms with van der Waals surface area (Å²) in [5.74, 6) is 6.96. The fourth-order valence-electron chi connectivity index (χ4n) is 6.37. The molecule has 0 aliphatic heterocycles. The molecule has 0 spiro atoms. The molecule has 124 valence electrons. The smallest absolute Gasteiger partial charge is 0.0206 e. The molecule has 21 heavy (non-hydrogen) atoms. The molecule has 8 atom stereocenters. The lowest BCUT2D eigenvalue weighted by Gasteiger charge is -2.47. The minimum absolute atomic E-state index is 0.785. The van der Waals surface area contributed by atoms with Gasteiger partial charge in [0.15, 0.2) is 0 Å². The summed E-state index contributed by atoms with van der Waals surface area (Å²) in [5.41, 5.74) is 0.785. The Morgan fingerprint density at radius 3 is 2.10 bits per heavy atom. The highest BCUT2D eigenvalue weighted by Crippen LogP contribution is 2.81. The molecule has 0 aromatic rings. The van der Waals surface area contributed by atoms with Crippen molar-refractivity contribution in [2.75, 3.05) is 0 Å². The molecule has 0 aromatic carbocycles. The third-order valence-corrected chi connectivity index (χ3v) is 8.01. The zero-order valence-corrected chi connectivity index (χ0v) is 15.8. The van der Waals surface area contributed by atoms with Gasteiger partial charge in [-0.15, -0.1) is 0 Å². The first-order valence-electron chi connectivity index (χ1n) is 9.95. The van der Waals surface area contributed by atoms with E-state index in [0.29, 0.717) is 0 Å². The normalized spacial score (nSPS) is 41.9. The van der Waals surface area contributed by atoms with Gasteiger partial charge in [0.05, 0.1) is 0 Å². The first-order valence-corrected chi connectivity index (χ1v) is 9.95. The highest BCUT2D eigenvalue weighted by atomic mass is 14.8. The molecule has 2 saturated carbocycles. The Kier molecular flexibility index (Phi) is 5.48. The van der Waals surface area contributed by atoms with Gasteiger partial charge >= 0.3 is 0 Å². The van der Waals surface area contributed by atoms with Gasteiger partial charge in [-0.05, 0) is 59.7 Å². The van der Waals surface area contributed by atoms with Gasteiger partial charge < -0.3 is 0 Å². The zero-order valence-electron chi connectivity index (χ0n) is 15.8. The SMILES string of the molecule is CCCCC12C(C)C(C(C)CC(CC)C(C)CC)C1C2C. The van der Waals surface area contributed by atoms with E-state index >= 15 is 0 Å². The highest BCUT2D eigenvalue weighted by molar-refractivity contribution is 5.23. The Hall–Kier alpha value is 0. The number of hydrogen-bond acceptors (Lipinski definition) is 0. The largest absolute Gasteiger partial charge is 0.0654 e. The van der Waals surface area contributed by atoms with Gasteiger partial charge in [-0.2, -0.15) is 0 Å². The summed E-state index contributed by atoms with van der Waals surface area (Å²) in [6, 6.07) is 0. The molecule has 2 aliphatic carbocycles. The summed E-state index contributed by atoms with van der Waals surface area (Å²) in [4.78, 5) is 0. The molecule has 0 amide bonds. The lowest BCUT2D eigenvalue weighted by Crippen LogP contribution is -2.41. The van der Waals surface area contributed by atoms with Crippen molar-refractivity contribution in [3.8, 4) is 0 Å². The van der Waals surface area contributed by atoms with Crippen molar-refractivity contribution in [2.24, 2.45) is 46.8 Å². The molecule has 0 nitrogen and oxygen atoms in total. The van der Waals surface area contributed by atoms with Gasteiger partial charge in [0.2, 0.25) is 0 Å². The van der Waals surface area contributed by atoms with Crippen LogP contribution in [0.5, 0.6) is 0 Å². The maximum absolute atomic E-state index is 2.58. The van der Waals surface area contributed by atoms with Crippen LogP contribution in [0.15, 0.2) is 0 Å². The van der Waals surface area contributed by atoms with Crippen molar-refractivity contribution < 1.29 is 0 Å². The maximum Gasteiger partial charge on any atom is -0.0206 e. The van der Waals surface area contributed by atoms with E-state index in [9.17, 15) is 0 Å². The van der Waals surface area contributed by atoms with E-state index in [-0.39, 0.29) is 0 Å². The van der Waals surface area contributed by atoms with E-state index in [1.54, 1.807) is 0 Å². The molecular formula is C21H40. The minimum atomic E-state index is 0.785. The number of unbranched alkanes of at least 4 members (excludes halogenated alkanes) is 1. The molecule has 8 unspecified atom stereocenters. The molecule has 0 bridgehead atoms. The summed E-state index contributed by atoms with van der Waals surface area (Å²) in [6.45, 7) is 17.3. The van der Waals surface area contributed by atoms with Gasteiger partial charge in [0, 0.05) is 0 Å². The van der Waals surface area contributed by atoms with Crippen molar-refractivity contribution >= 4 is 0 Å². The summed E-state index contributed by atoms with van der Waals surface area (Å²) in [5, 5.41) is 0. The molecule has 0 heteroatoms. The van der Waals surface area contributed by atoms with Gasteiger partial charge in [0.25, 0.3) is 0 Å². The molecule has 0 saturated heterocycles. The lowest BCUT2D eigenvalue weighted by atomic mass is 9.58. The predicted molar refractivity (Wildman–Crippen MR) is 94.3 cm³/mol. The Labute approximate surface area is 134 Å². The molecule has 2 aliphatic rings. The second kappa shape index (κ2) is 6.63. The van der Waals surface area contributed by atoms with E-state index in [0.717, 1.165) is 46.8 Å². The molecule has 2 rings (SSSR count). The average Bonchev–Trinajstić information content (AvgIpc) is 3.00. The topological polar surface area (TPSA) is 0 Å². The third-order valence-electron chi connectivity index (χ3n) is 8.01. The van der Waals surface area contributed by atoms with E-state index in [2.05, 4.69) is 48.5 Å². The van der Waals surface area contributed by atoms with Crippen LogP contribution in [-0.4, -0.2) is 0 Å². The van der Waals surface area contributed by atoms with Crippen molar-refractivity contribution in [3.05, 3.63) is 0 Å². The monoisotopic (exact) mass is 292 g/mol. The van der Waals surface area contributed by atoms with Crippen LogP contribution < -0.4 is 0 Å². The quantitative estimate of drug-likeness (QED) is 0.438. The average molecular weight is 293 g/mol. The van der Waals surface area contributed by atoms with Crippen LogP contribution in [0.25, 0.3) is 0 Å². The standard InChI is InChI=1S/C21H40/c1-8-11-12-21-16(6)19(20(21)17(21)7)15(5)13-18(10-3)14(4)9-2/h14-20H,8-13H2,1-7H3. The van der Waals surface area contributed by atoms with Gasteiger partial charge in [0.1, 0.15) is 0 Å². The second-order valence-electron chi connectivity index (χ2n) is 8.66. The summed E-state index contributed by atoms with van der Waals surface area (Å²) >= 11 is 0. The molecule has 0 aromatic heterocycles. The van der Waals surface area contributed by atoms with E-state index in [4.69, 9.17) is 0 Å². The van der Waals surface area contributed by atoms with Gasteiger partial charge in [-0.1, -0.05) is 74.1 Å². The molecule has 0 radical (unpaired) electrons.